The number of fused-ring (bicyclic) bond motifs is 3. The first-order valence-electron chi connectivity index (χ1n) is 8.92. The summed E-state index contributed by atoms with van der Waals surface area (Å²) in [7, 11) is 2.10. The monoisotopic (exact) mass is 406 g/mol. The second-order valence-electron chi connectivity index (χ2n) is 7.56. The maximum absolute atomic E-state index is 13.5. The predicted molar refractivity (Wildman–Crippen MR) is 108 cm³/mol. The second-order valence-corrected chi connectivity index (χ2v) is 8.41. The van der Waals surface area contributed by atoms with Gasteiger partial charge in [0.15, 0.2) is 0 Å². The Labute approximate surface area is 167 Å². The molecule has 1 unspecified atom stereocenters. The molecule has 2 heterocycles. The molecule has 0 radical (unpaired) electrons. The van der Waals surface area contributed by atoms with E-state index in [9.17, 15) is 9.50 Å². The number of rotatable bonds is 3. The molecule has 142 valence electrons. The molecule has 6 heteroatoms. The Morgan fingerprint density at radius 3 is 2.70 bits per heavy atom. The number of benzene rings is 2. The average molecular weight is 407 g/mol. The normalized spacial score (nSPS) is 17.1. The van der Waals surface area contributed by atoms with Gasteiger partial charge in [-0.3, -0.25) is 0 Å². The van der Waals surface area contributed by atoms with Crippen molar-refractivity contribution in [1.82, 2.24) is 9.47 Å². The fourth-order valence-electron chi connectivity index (χ4n) is 3.97. The van der Waals surface area contributed by atoms with E-state index in [1.165, 1.54) is 23.4 Å². The van der Waals surface area contributed by atoms with E-state index in [1.54, 1.807) is 13.0 Å². The van der Waals surface area contributed by atoms with Crippen molar-refractivity contribution in [3.8, 4) is 0 Å². The minimum atomic E-state index is -1.19. The second kappa shape index (κ2) is 6.78. The van der Waals surface area contributed by atoms with Gasteiger partial charge in [-0.25, -0.2) is 4.39 Å². The molecule has 27 heavy (non-hydrogen) atoms. The summed E-state index contributed by atoms with van der Waals surface area (Å²) in [6, 6.07) is 10.3. The molecule has 0 aliphatic carbocycles. The van der Waals surface area contributed by atoms with Gasteiger partial charge in [0.05, 0.1) is 11.6 Å². The van der Waals surface area contributed by atoms with Crippen LogP contribution in [0.4, 0.5) is 4.39 Å². The van der Waals surface area contributed by atoms with E-state index in [0.717, 1.165) is 30.4 Å². The van der Waals surface area contributed by atoms with Gasteiger partial charge in [0.1, 0.15) is 11.4 Å². The van der Waals surface area contributed by atoms with Crippen LogP contribution in [0, 0.1) is 5.82 Å². The van der Waals surface area contributed by atoms with Crippen molar-refractivity contribution in [3.05, 3.63) is 69.1 Å². The first kappa shape index (κ1) is 18.8. The van der Waals surface area contributed by atoms with Gasteiger partial charge >= 0.3 is 0 Å². The highest BCUT2D eigenvalue weighted by Crippen LogP contribution is 2.35. The Hall–Kier alpha value is -1.59. The number of hydrogen-bond donors (Lipinski definition) is 1. The summed E-state index contributed by atoms with van der Waals surface area (Å²) in [6.07, 6.45) is 0.901. The molecule has 3 aromatic rings. The minimum Gasteiger partial charge on any atom is -0.384 e. The van der Waals surface area contributed by atoms with Crippen molar-refractivity contribution in [2.75, 3.05) is 13.6 Å². The molecule has 0 amide bonds. The quantitative estimate of drug-likeness (QED) is 0.663. The Morgan fingerprint density at radius 2 is 1.96 bits per heavy atom. The highest BCUT2D eigenvalue weighted by Gasteiger charge is 2.29. The lowest BCUT2D eigenvalue weighted by molar-refractivity contribution is 0.0384. The summed E-state index contributed by atoms with van der Waals surface area (Å²) in [6.45, 7) is 3.90. The molecule has 3 nitrogen and oxygen atoms in total. The summed E-state index contributed by atoms with van der Waals surface area (Å²) in [5.74, 6) is -0.488. The highest BCUT2D eigenvalue weighted by molar-refractivity contribution is 6.31. The van der Waals surface area contributed by atoms with Gasteiger partial charge in [-0.2, -0.15) is 0 Å². The predicted octanol–water partition coefficient (Wildman–Crippen LogP) is 4.98. The van der Waals surface area contributed by atoms with Gasteiger partial charge < -0.3 is 14.6 Å². The zero-order valence-corrected chi connectivity index (χ0v) is 16.8. The SMILES string of the molecule is CN1CCc2c(c3cc(Cl)ccc3n2CC(C)(O)c2ccc(F)c(Cl)c2)C1. The largest absolute Gasteiger partial charge is 0.384 e. The molecule has 1 atom stereocenters. The van der Waals surface area contributed by atoms with Crippen LogP contribution in [0.25, 0.3) is 10.9 Å². The molecule has 0 saturated heterocycles. The Bertz CT molecular complexity index is 1030. The molecule has 1 aliphatic rings. The Morgan fingerprint density at radius 1 is 1.19 bits per heavy atom. The van der Waals surface area contributed by atoms with E-state index in [4.69, 9.17) is 23.2 Å². The Balaban J connectivity index is 1.83. The third kappa shape index (κ3) is 3.36. The van der Waals surface area contributed by atoms with Crippen LogP contribution in [0.1, 0.15) is 23.7 Å². The molecular formula is C21H21Cl2FN2O. The standard InChI is InChI=1S/C21H21Cl2FN2O/c1-21(27,13-3-5-18(24)17(23)9-13)12-26-19-6-4-14(22)10-15(19)16-11-25(2)8-7-20(16)26/h3-6,9-10,27H,7-8,11-12H2,1-2H3. The number of nitrogens with zero attached hydrogens (tertiary/aromatic N) is 2. The first-order chi connectivity index (χ1) is 12.8. The molecule has 0 spiro atoms. The van der Waals surface area contributed by atoms with Gasteiger partial charge in [0, 0.05) is 41.1 Å². The zero-order chi connectivity index (χ0) is 19.3. The van der Waals surface area contributed by atoms with Crippen molar-refractivity contribution < 1.29 is 9.50 Å². The number of hydrogen-bond acceptors (Lipinski definition) is 2. The van der Waals surface area contributed by atoms with Crippen LogP contribution in [-0.4, -0.2) is 28.2 Å². The van der Waals surface area contributed by atoms with Crippen LogP contribution in [-0.2, 0) is 25.1 Å². The summed E-state index contributed by atoms with van der Waals surface area (Å²) >= 11 is 12.2. The zero-order valence-electron chi connectivity index (χ0n) is 15.3. The van der Waals surface area contributed by atoms with E-state index < -0.39 is 11.4 Å². The molecule has 4 rings (SSSR count). The van der Waals surface area contributed by atoms with E-state index >= 15 is 0 Å². The Kier molecular flexibility index (Phi) is 4.71. The lowest BCUT2D eigenvalue weighted by atomic mass is 9.95. The molecule has 1 aromatic heterocycles. The lowest BCUT2D eigenvalue weighted by Crippen LogP contribution is -2.31. The number of halogens is 3. The van der Waals surface area contributed by atoms with Crippen LogP contribution >= 0.6 is 23.2 Å². The molecule has 0 bridgehead atoms. The number of aromatic nitrogens is 1. The molecular weight excluding hydrogens is 386 g/mol. The van der Waals surface area contributed by atoms with Gasteiger partial charge in [-0.1, -0.05) is 29.3 Å². The molecule has 0 fully saturated rings. The van der Waals surface area contributed by atoms with Crippen LogP contribution < -0.4 is 0 Å². The van der Waals surface area contributed by atoms with Gasteiger partial charge in [-0.05, 0) is 55.4 Å². The van der Waals surface area contributed by atoms with Gasteiger partial charge in [-0.15, -0.1) is 0 Å². The molecule has 1 N–H and O–H groups in total. The minimum absolute atomic E-state index is 0.0144. The smallest absolute Gasteiger partial charge is 0.141 e. The number of aliphatic hydroxyl groups is 1. The van der Waals surface area contributed by atoms with E-state index in [1.807, 2.05) is 18.2 Å². The lowest BCUT2D eigenvalue weighted by Gasteiger charge is -2.29. The van der Waals surface area contributed by atoms with Gasteiger partial charge in [0.25, 0.3) is 0 Å². The molecule has 1 aliphatic heterocycles. The van der Waals surface area contributed by atoms with E-state index in [-0.39, 0.29) is 5.02 Å². The third-order valence-corrected chi connectivity index (χ3v) is 5.94. The van der Waals surface area contributed by atoms with Crippen molar-refractivity contribution in [3.63, 3.8) is 0 Å². The average Bonchev–Trinajstić information content (AvgIpc) is 2.89. The summed E-state index contributed by atoms with van der Waals surface area (Å²) in [5.41, 5.74) is 2.92. The first-order valence-corrected chi connectivity index (χ1v) is 9.68. The third-order valence-electron chi connectivity index (χ3n) is 5.41. The topological polar surface area (TPSA) is 28.4 Å². The summed E-state index contributed by atoms with van der Waals surface area (Å²) in [4.78, 5) is 2.28. The summed E-state index contributed by atoms with van der Waals surface area (Å²) < 4.78 is 15.7. The van der Waals surface area contributed by atoms with E-state index in [2.05, 4.69) is 16.5 Å². The summed E-state index contributed by atoms with van der Waals surface area (Å²) in [5, 5.41) is 13.0. The van der Waals surface area contributed by atoms with Crippen LogP contribution in [0.5, 0.6) is 0 Å². The van der Waals surface area contributed by atoms with Crippen LogP contribution in [0.3, 0.4) is 0 Å². The van der Waals surface area contributed by atoms with Crippen molar-refractivity contribution in [1.29, 1.82) is 0 Å². The molecule has 0 saturated carbocycles. The van der Waals surface area contributed by atoms with Crippen molar-refractivity contribution >= 4 is 34.1 Å². The fourth-order valence-corrected chi connectivity index (χ4v) is 4.32. The van der Waals surface area contributed by atoms with Crippen molar-refractivity contribution in [2.45, 2.75) is 32.0 Å². The van der Waals surface area contributed by atoms with Crippen molar-refractivity contribution in [2.24, 2.45) is 0 Å². The maximum atomic E-state index is 13.5. The van der Waals surface area contributed by atoms with Crippen LogP contribution in [0.2, 0.25) is 10.0 Å². The van der Waals surface area contributed by atoms with Gasteiger partial charge in [0.2, 0.25) is 0 Å². The van der Waals surface area contributed by atoms with E-state index in [0.29, 0.717) is 17.1 Å². The number of likely N-dealkylation sites (N-methyl/N-ethyl adjacent to an activating group) is 1. The fraction of sp³-hybridized carbons (Fsp3) is 0.333. The molecule has 2 aromatic carbocycles. The van der Waals surface area contributed by atoms with Crippen LogP contribution in [0.15, 0.2) is 36.4 Å². The highest BCUT2D eigenvalue weighted by atomic mass is 35.5. The maximum Gasteiger partial charge on any atom is 0.141 e.